The molecule has 0 spiro atoms. The van der Waals surface area contributed by atoms with E-state index in [1.54, 1.807) is 4.90 Å². The molecule has 1 unspecified atom stereocenters. The normalized spacial score (nSPS) is 21.2. The fraction of sp³-hybridized carbons (Fsp3) is 0.421. The van der Waals surface area contributed by atoms with E-state index in [2.05, 4.69) is 77.2 Å². The van der Waals surface area contributed by atoms with Crippen molar-refractivity contribution in [2.75, 3.05) is 49.6 Å². The monoisotopic (exact) mass is 645 g/mol. The van der Waals surface area contributed by atoms with Gasteiger partial charge in [0, 0.05) is 48.4 Å². The average molecular weight is 646 g/mol. The molecule has 0 radical (unpaired) electrons. The highest BCUT2D eigenvalue weighted by Crippen LogP contribution is 2.36. The Morgan fingerprint density at radius 2 is 1.79 bits per heavy atom. The van der Waals surface area contributed by atoms with Gasteiger partial charge in [-0.1, -0.05) is 66.7 Å². The van der Waals surface area contributed by atoms with Crippen molar-refractivity contribution in [2.45, 2.75) is 63.9 Å². The molecule has 1 aromatic heterocycles. The minimum Gasteiger partial charge on any atom is -0.462 e. The maximum atomic E-state index is 13.4. The van der Waals surface area contributed by atoms with E-state index < -0.39 is 6.09 Å². The number of likely N-dealkylation sites (N-methyl/N-ethyl adjacent to an activating group) is 1. The van der Waals surface area contributed by atoms with Crippen molar-refractivity contribution >= 4 is 28.4 Å². The molecule has 48 heavy (non-hydrogen) atoms. The van der Waals surface area contributed by atoms with Crippen LogP contribution in [0.3, 0.4) is 0 Å². The number of ether oxygens (including phenoxy) is 2. The maximum absolute atomic E-state index is 13.4. The number of carbonyl (C=O) groups is 1. The largest absolute Gasteiger partial charge is 0.462 e. The summed E-state index contributed by atoms with van der Waals surface area (Å²) in [5.41, 5.74) is 4.19. The van der Waals surface area contributed by atoms with E-state index >= 15 is 0 Å². The predicted octanol–water partition coefficient (Wildman–Crippen LogP) is 5.80. The Labute approximate surface area is 282 Å². The number of fused-ring (bicyclic) bond motifs is 2. The fourth-order valence-electron chi connectivity index (χ4n) is 7.38. The summed E-state index contributed by atoms with van der Waals surface area (Å²) < 4.78 is 12.1. The molecule has 3 atom stereocenters. The smallest absolute Gasteiger partial charge is 0.410 e. The summed E-state index contributed by atoms with van der Waals surface area (Å²) in [4.78, 5) is 32.2. The van der Waals surface area contributed by atoms with Gasteiger partial charge in [-0.3, -0.25) is 0 Å². The van der Waals surface area contributed by atoms with Crippen LogP contribution < -0.4 is 14.5 Å². The molecule has 10 nitrogen and oxygen atoms in total. The van der Waals surface area contributed by atoms with Gasteiger partial charge in [-0.25, -0.2) is 4.79 Å². The van der Waals surface area contributed by atoms with E-state index in [1.165, 1.54) is 16.5 Å². The Morgan fingerprint density at radius 1 is 0.979 bits per heavy atom. The molecule has 248 valence electrons. The number of likely N-dealkylation sites (tertiary alicyclic amines) is 1. The first kappa shape index (κ1) is 31.7. The van der Waals surface area contributed by atoms with E-state index in [1.807, 2.05) is 30.3 Å². The van der Waals surface area contributed by atoms with Gasteiger partial charge in [0.25, 0.3) is 0 Å². The van der Waals surface area contributed by atoms with Gasteiger partial charge in [0.05, 0.1) is 30.8 Å². The lowest BCUT2D eigenvalue weighted by Gasteiger charge is -2.45. The van der Waals surface area contributed by atoms with Crippen LogP contribution in [0.5, 0.6) is 6.01 Å². The molecule has 7 rings (SSSR count). The van der Waals surface area contributed by atoms with E-state index in [0.29, 0.717) is 38.3 Å². The van der Waals surface area contributed by atoms with Crippen LogP contribution in [0.25, 0.3) is 10.8 Å². The first-order valence-electron chi connectivity index (χ1n) is 17.0. The second-order valence-electron chi connectivity index (χ2n) is 13.2. The molecule has 1 amide bonds. The number of hydrogen-bond acceptors (Lipinski definition) is 9. The van der Waals surface area contributed by atoms with Crippen LogP contribution in [-0.2, 0) is 24.3 Å². The van der Waals surface area contributed by atoms with Crippen LogP contribution in [-0.4, -0.2) is 83.8 Å². The fourth-order valence-corrected chi connectivity index (χ4v) is 7.38. The van der Waals surface area contributed by atoms with Crippen molar-refractivity contribution in [1.29, 1.82) is 5.26 Å². The van der Waals surface area contributed by atoms with Crippen LogP contribution in [0.15, 0.2) is 72.8 Å². The van der Waals surface area contributed by atoms with Crippen LogP contribution >= 0.6 is 0 Å². The Bertz CT molecular complexity index is 1790. The van der Waals surface area contributed by atoms with Crippen LogP contribution in [0, 0.1) is 11.3 Å². The average Bonchev–Trinajstić information content (AvgIpc) is 3.54. The van der Waals surface area contributed by atoms with E-state index in [-0.39, 0.29) is 25.1 Å². The molecule has 0 aliphatic carbocycles. The zero-order valence-electron chi connectivity index (χ0n) is 27.8. The van der Waals surface area contributed by atoms with Gasteiger partial charge in [-0.05, 0) is 56.8 Å². The SMILES string of the molecule is C[C@@H]1CN(C(=O)OCc2ccccc2)[C@@H](CC#N)CN1c1nc(OCC2CCCN2C)nc2c1CCN(c1cccc3ccccc13)C2. The Kier molecular flexibility index (Phi) is 9.30. The minimum atomic E-state index is -0.397. The van der Waals surface area contributed by atoms with Crippen LogP contribution in [0.2, 0.25) is 0 Å². The molecule has 0 saturated carbocycles. The van der Waals surface area contributed by atoms with Crippen molar-refractivity contribution < 1.29 is 14.3 Å². The molecule has 4 aromatic rings. The van der Waals surface area contributed by atoms with Gasteiger partial charge in [-0.15, -0.1) is 0 Å². The number of nitrogens with zero attached hydrogens (tertiary/aromatic N) is 7. The number of hydrogen-bond donors (Lipinski definition) is 0. The van der Waals surface area contributed by atoms with E-state index in [9.17, 15) is 10.1 Å². The third-order valence-electron chi connectivity index (χ3n) is 10.1. The summed E-state index contributed by atoms with van der Waals surface area (Å²) in [6.45, 7) is 6.26. The van der Waals surface area contributed by atoms with Gasteiger partial charge < -0.3 is 29.1 Å². The van der Waals surface area contributed by atoms with Crippen molar-refractivity contribution in [1.82, 2.24) is 19.8 Å². The van der Waals surface area contributed by atoms with Gasteiger partial charge in [0.2, 0.25) is 0 Å². The molecule has 10 heteroatoms. The predicted molar refractivity (Wildman–Crippen MR) is 186 cm³/mol. The highest BCUT2D eigenvalue weighted by Gasteiger charge is 2.38. The lowest BCUT2D eigenvalue weighted by molar-refractivity contribution is 0.0709. The first-order chi connectivity index (χ1) is 23.5. The minimum absolute atomic E-state index is 0.0619. The van der Waals surface area contributed by atoms with Crippen molar-refractivity contribution in [2.24, 2.45) is 0 Å². The molecule has 4 heterocycles. The molecule has 3 aliphatic rings. The van der Waals surface area contributed by atoms with E-state index in [4.69, 9.17) is 19.4 Å². The van der Waals surface area contributed by atoms with Gasteiger partial charge in [0.1, 0.15) is 19.0 Å². The summed E-state index contributed by atoms with van der Waals surface area (Å²) in [5, 5.41) is 12.2. The van der Waals surface area contributed by atoms with Gasteiger partial charge in [0.15, 0.2) is 0 Å². The number of rotatable bonds is 8. The zero-order valence-corrected chi connectivity index (χ0v) is 27.8. The summed E-state index contributed by atoms with van der Waals surface area (Å²) in [7, 11) is 2.14. The van der Waals surface area contributed by atoms with E-state index in [0.717, 1.165) is 55.0 Å². The van der Waals surface area contributed by atoms with Crippen LogP contribution in [0.1, 0.15) is 43.0 Å². The molecule has 3 aromatic carbocycles. The molecule has 0 N–H and O–H groups in total. The molecule has 2 saturated heterocycles. The zero-order chi connectivity index (χ0) is 33.0. The number of benzene rings is 3. The summed E-state index contributed by atoms with van der Waals surface area (Å²) in [6.07, 6.45) is 2.83. The number of amides is 1. The standard InChI is InChI=1S/C38H43N7O3/c1-27-22-45(38(46)48-25-28-10-4-3-5-11-28)30(17-19-39)23-44(27)36-33-18-21-43(35-16-8-13-29-12-6-7-15-32(29)35)24-34(33)40-37(41-36)47-26-31-14-9-20-42(31)2/h3-8,10-13,15-16,27,30-31H,9,14,17-18,20-26H2,1-2H3/t27-,30+,31?/m1/s1. The quantitative estimate of drug-likeness (QED) is 0.236. The Hall–Kier alpha value is -4.88. The van der Waals surface area contributed by atoms with Crippen molar-refractivity contribution in [3.63, 3.8) is 0 Å². The topological polar surface area (TPSA) is 98.1 Å². The number of piperazine rings is 1. The number of nitriles is 1. The molecular weight excluding hydrogens is 602 g/mol. The third-order valence-corrected chi connectivity index (χ3v) is 10.1. The van der Waals surface area contributed by atoms with Crippen molar-refractivity contribution in [3.8, 4) is 12.1 Å². The lowest BCUT2D eigenvalue weighted by atomic mass is 10.00. The maximum Gasteiger partial charge on any atom is 0.410 e. The van der Waals surface area contributed by atoms with Gasteiger partial charge >= 0.3 is 12.1 Å². The molecular formula is C38H43N7O3. The summed E-state index contributed by atoms with van der Waals surface area (Å²) >= 11 is 0. The van der Waals surface area contributed by atoms with Crippen molar-refractivity contribution in [3.05, 3.63) is 89.6 Å². The lowest BCUT2D eigenvalue weighted by Crippen LogP contribution is -2.59. The molecule has 3 aliphatic heterocycles. The highest BCUT2D eigenvalue weighted by atomic mass is 16.6. The third kappa shape index (κ3) is 6.60. The summed E-state index contributed by atoms with van der Waals surface area (Å²) in [5.74, 6) is 0.847. The number of anilines is 2. The Balaban J connectivity index is 1.17. The molecule has 0 bridgehead atoms. The van der Waals surface area contributed by atoms with Gasteiger partial charge in [-0.2, -0.15) is 15.2 Å². The second kappa shape index (κ2) is 14.1. The summed E-state index contributed by atoms with van der Waals surface area (Å²) in [6, 6.07) is 27.2. The number of aromatic nitrogens is 2. The highest BCUT2D eigenvalue weighted by molar-refractivity contribution is 5.94. The molecule has 2 fully saturated rings. The first-order valence-corrected chi connectivity index (χ1v) is 17.0. The Morgan fingerprint density at radius 3 is 2.60 bits per heavy atom. The second-order valence-corrected chi connectivity index (χ2v) is 13.2. The number of carbonyl (C=O) groups excluding carboxylic acids is 1. The van der Waals surface area contributed by atoms with Crippen LogP contribution in [0.4, 0.5) is 16.3 Å².